The lowest BCUT2D eigenvalue weighted by molar-refractivity contribution is 0.440. The number of imidazole rings is 1. The molecule has 0 amide bonds. The van der Waals surface area contributed by atoms with Gasteiger partial charge >= 0.3 is 0 Å². The fourth-order valence-corrected chi connectivity index (χ4v) is 2.85. The Bertz CT molecular complexity index is 476. The van der Waals surface area contributed by atoms with Crippen LogP contribution in [0, 0.1) is 0 Å². The summed E-state index contributed by atoms with van der Waals surface area (Å²) in [6.45, 7) is 4.45. The maximum Gasteiger partial charge on any atom is 0.0922 e. The minimum atomic E-state index is 0.0236. The van der Waals surface area contributed by atoms with Gasteiger partial charge in [0.05, 0.1) is 6.33 Å². The van der Waals surface area contributed by atoms with Gasteiger partial charge in [-0.1, -0.05) is 44.0 Å². The number of nitrogens with zero attached hydrogens (tertiary/aromatic N) is 1. The van der Waals surface area contributed by atoms with E-state index in [1.165, 1.54) is 11.3 Å². The molecule has 0 fully saturated rings. The summed E-state index contributed by atoms with van der Waals surface area (Å²) in [5, 5.41) is 0.782. The fraction of sp³-hybridized carbons (Fsp3) is 0.400. The Kier molecular flexibility index (Phi) is 4.07. The molecule has 96 valence electrons. The van der Waals surface area contributed by atoms with Crippen LogP contribution in [-0.2, 0) is 5.41 Å². The monoisotopic (exact) mass is 262 g/mol. The van der Waals surface area contributed by atoms with Gasteiger partial charge in [0.1, 0.15) is 0 Å². The van der Waals surface area contributed by atoms with E-state index in [9.17, 15) is 0 Å². The maximum atomic E-state index is 5.99. The second-order valence-corrected chi connectivity index (χ2v) is 5.09. The van der Waals surface area contributed by atoms with Crippen molar-refractivity contribution < 1.29 is 0 Å². The third-order valence-corrected chi connectivity index (χ3v) is 3.94. The second-order valence-electron chi connectivity index (χ2n) is 4.66. The van der Waals surface area contributed by atoms with Gasteiger partial charge in [-0.2, -0.15) is 0 Å². The summed E-state index contributed by atoms with van der Waals surface area (Å²) >= 11 is 5.99. The average molecular weight is 263 g/mol. The van der Waals surface area contributed by atoms with E-state index in [1.807, 2.05) is 18.3 Å². The SMILES string of the molecule is CCCC(CC)(c1ccc(Cl)cc1)c1cnc[nH]1. The quantitative estimate of drug-likeness (QED) is 0.841. The molecule has 0 aliphatic heterocycles. The van der Waals surface area contributed by atoms with E-state index in [1.54, 1.807) is 6.33 Å². The predicted molar refractivity (Wildman–Crippen MR) is 76.0 cm³/mol. The summed E-state index contributed by atoms with van der Waals surface area (Å²) in [4.78, 5) is 7.46. The number of benzene rings is 1. The Balaban J connectivity index is 2.50. The summed E-state index contributed by atoms with van der Waals surface area (Å²) in [6.07, 6.45) is 6.98. The van der Waals surface area contributed by atoms with Gasteiger partial charge in [0.15, 0.2) is 0 Å². The molecule has 0 radical (unpaired) electrons. The standard InChI is InChI=1S/C15H19ClN2/c1-3-9-15(4-2,14-10-17-11-18-14)12-5-7-13(16)8-6-12/h5-8,10-11H,3-4,9H2,1-2H3,(H,17,18). The zero-order chi connectivity index (χ0) is 13.0. The summed E-state index contributed by atoms with van der Waals surface area (Å²) in [5.41, 5.74) is 2.52. The molecular weight excluding hydrogens is 244 g/mol. The Morgan fingerprint density at radius 1 is 1.22 bits per heavy atom. The first-order valence-electron chi connectivity index (χ1n) is 6.48. The van der Waals surface area contributed by atoms with E-state index in [2.05, 4.69) is 35.9 Å². The highest BCUT2D eigenvalue weighted by atomic mass is 35.5. The average Bonchev–Trinajstić information content (AvgIpc) is 2.91. The molecule has 2 rings (SSSR count). The van der Waals surface area contributed by atoms with Crippen molar-refractivity contribution in [3.8, 4) is 0 Å². The minimum absolute atomic E-state index is 0.0236. The molecule has 0 spiro atoms. The maximum absolute atomic E-state index is 5.99. The lowest BCUT2D eigenvalue weighted by Gasteiger charge is -2.32. The van der Waals surface area contributed by atoms with Crippen LogP contribution < -0.4 is 0 Å². The molecule has 0 saturated heterocycles. The van der Waals surface area contributed by atoms with E-state index in [0.29, 0.717) is 0 Å². The smallest absolute Gasteiger partial charge is 0.0922 e. The predicted octanol–water partition coefficient (Wildman–Crippen LogP) is 4.56. The Labute approximate surface area is 113 Å². The van der Waals surface area contributed by atoms with Crippen molar-refractivity contribution in [1.29, 1.82) is 0 Å². The summed E-state index contributed by atoms with van der Waals surface area (Å²) in [5.74, 6) is 0. The van der Waals surface area contributed by atoms with Crippen LogP contribution in [0.2, 0.25) is 5.02 Å². The first-order valence-corrected chi connectivity index (χ1v) is 6.85. The molecule has 0 aliphatic carbocycles. The molecule has 1 heterocycles. The van der Waals surface area contributed by atoms with Crippen LogP contribution in [0.1, 0.15) is 44.4 Å². The second kappa shape index (κ2) is 5.57. The van der Waals surface area contributed by atoms with Crippen LogP contribution in [0.3, 0.4) is 0 Å². The topological polar surface area (TPSA) is 28.7 Å². The van der Waals surface area contributed by atoms with Gasteiger partial charge in [-0.15, -0.1) is 0 Å². The van der Waals surface area contributed by atoms with Crippen molar-refractivity contribution in [3.63, 3.8) is 0 Å². The van der Waals surface area contributed by atoms with Crippen LogP contribution in [0.25, 0.3) is 0 Å². The molecule has 18 heavy (non-hydrogen) atoms. The van der Waals surface area contributed by atoms with Crippen LogP contribution >= 0.6 is 11.6 Å². The van der Waals surface area contributed by atoms with Crippen LogP contribution in [-0.4, -0.2) is 9.97 Å². The number of halogens is 1. The fourth-order valence-electron chi connectivity index (χ4n) is 2.72. The molecule has 2 aromatic rings. The van der Waals surface area contributed by atoms with Crippen LogP contribution in [0.4, 0.5) is 0 Å². The van der Waals surface area contributed by atoms with Crippen molar-refractivity contribution in [3.05, 3.63) is 53.1 Å². The summed E-state index contributed by atoms with van der Waals surface area (Å²) < 4.78 is 0. The molecule has 1 unspecified atom stereocenters. The number of nitrogens with one attached hydrogen (secondary N) is 1. The third-order valence-electron chi connectivity index (χ3n) is 3.69. The molecule has 2 nitrogen and oxygen atoms in total. The lowest BCUT2D eigenvalue weighted by atomic mass is 9.72. The molecular formula is C15H19ClN2. The number of H-pyrrole nitrogens is 1. The molecule has 0 saturated carbocycles. The zero-order valence-corrected chi connectivity index (χ0v) is 11.7. The number of hydrogen-bond donors (Lipinski definition) is 1. The number of aromatic nitrogens is 2. The van der Waals surface area contributed by atoms with Crippen molar-refractivity contribution in [2.45, 2.75) is 38.5 Å². The van der Waals surface area contributed by atoms with Gasteiger partial charge in [0, 0.05) is 22.3 Å². The molecule has 0 aliphatic rings. The van der Waals surface area contributed by atoms with Crippen molar-refractivity contribution >= 4 is 11.6 Å². The number of rotatable bonds is 5. The van der Waals surface area contributed by atoms with Crippen molar-refractivity contribution in [2.75, 3.05) is 0 Å². The highest BCUT2D eigenvalue weighted by Crippen LogP contribution is 2.38. The van der Waals surface area contributed by atoms with E-state index in [-0.39, 0.29) is 5.41 Å². The third kappa shape index (κ3) is 2.30. The van der Waals surface area contributed by atoms with E-state index >= 15 is 0 Å². The molecule has 1 aromatic heterocycles. The van der Waals surface area contributed by atoms with Crippen molar-refractivity contribution in [1.82, 2.24) is 9.97 Å². The molecule has 1 atom stereocenters. The summed E-state index contributed by atoms with van der Waals surface area (Å²) in [7, 11) is 0. The Morgan fingerprint density at radius 2 is 1.94 bits per heavy atom. The highest BCUT2D eigenvalue weighted by Gasteiger charge is 2.32. The van der Waals surface area contributed by atoms with E-state index in [4.69, 9.17) is 11.6 Å². The van der Waals surface area contributed by atoms with Gasteiger partial charge in [0.25, 0.3) is 0 Å². The van der Waals surface area contributed by atoms with Gasteiger partial charge in [-0.25, -0.2) is 4.98 Å². The van der Waals surface area contributed by atoms with Gasteiger partial charge < -0.3 is 4.98 Å². The Morgan fingerprint density at radius 3 is 2.44 bits per heavy atom. The van der Waals surface area contributed by atoms with Crippen LogP contribution in [0.5, 0.6) is 0 Å². The Hall–Kier alpha value is -1.28. The lowest BCUT2D eigenvalue weighted by Crippen LogP contribution is -2.27. The van der Waals surface area contributed by atoms with E-state index < -0.39 is 0 Å². The van der Waals surface area contributed by atoms with Gasteiger partial charge in [-0.3, -0.25) is 0 Å². The molecule has 0 bridgehead atoms. The van der Waals surface area contributed by atoms with Crippen molar-refractivity contribution in [2.24, 2.45) is 0 Å². The minimum Gasteiger partial charge on any atom is -0.348 e. The zero-order valence-electron chi connectivity index (χ0n) is 10.9. The van der Waals surface area contributed by atoms with Crippen LogP contribution in [0.15, 0.2) is 36.8 Å². The molecule has 3 heteroatoms. The van der Waals surface area contributed by atoms with Gasteiger partial charge in [-0.05, 0) is 30.5 Å². The first kappa shape index (κ1) is 13.2. The summed E-state index contributed by atoms with van der Waals surface area (Å²) in [6, 6.07) is 8.19. The largest absolute Gasteiger partial charge is 0.348 e. The van der Waals surface area contributed by atoms with Gasteiger partial charge in [0.2, 0.25) is 0 Å². The van der Waals surface area contributed by atoms with E-state index in [0.717, 1.165) is 24.3 Å². The number of aromatic amines is 1. The molecule has 1 N–H and O–H groups in total. The number of hydrogen-bond acceptors (Lipinski definition) is 1. The first-order chi connectivity index (χ1) is 8.73. The highest BCUT2D eigenvalue weighted by molar-refractivity contribution is 6.30. The normalized spacial score (nSPS) is 14.4. The molecule has 1 aromatic carbocycles.